The molecule has 1 fully saturated rings. The summed E-state index contributed by atoms with van der Waals surface area (Å²) in [5.74, 6) is 1.22. The zero-order valence-electron chi connectivity index (χ0n) is 15.7. The summed E-state index contributed by atoms with van der Waals surface area (Å²) >= 11 is 0. The van der Waals surface area contributed by atoms with Crippen LogP contribution in [-0.4, -0.2) is 41.6 Å². The molecule has 1 aliphatic heterocycles. The summed E-state index contributed by atoms with van der Waals surface area (Å²) < 4.78 is 11.1. The summed E-state index contributed by atoms with van der Waals surface area (Å²) in [5, 5.41) is 7.01. The van der Waals surface area contributed by atoms with E-state index in [1.54, 1.807) is 6.07 Å². The maximum absolute atomic E-state index is 12.7. The minimum Gasteiger partial charge on any atom is -0.488 e. The van der Waals surface area contributed by atoms with Gasteiger partial charge in [0, 0.05) is 12.6 Å². The molecule has 0 spiro atoms. The Morgan fingerprint density at radius 2 is 2.19 bits per heavy atom. The van der Waals surface area contributed by atoms with Gasteiger partial charge in [0.2, 0.25) is 0 Å². The first kappa shape index (κ1) is 18.5. The largest absolute Gasteiger partial charge is 0.488 e. The Labute approximate surface area is 154 Å². The van der Waals surface area contributed by atoms with Gasteiger partial charge in [-0.05, 0) is 51.9 Å². The van der Waals surface area contributed by atoms with Crippen LogP contribution >= 0.6 is 0 Å². The summed E-state index contributed by atoms with van der Waals surface area (Å²) in [7, 11) is 0. The number of carbonyl (C=O) groups is 1. The van der Waals surface area contributed by atoms with E-state index in [0.29, 0.717) is 30.5 Å². The van der Waals surface area contributed by atoms with E-state index in [0.717, 1.165) is 36.5 Å². The summed E-state index contributed by atoms with van der Waals surface area (Å²) in [6.07, 6.45) is 2.34. The van der Waals surface area contributed by atoms with Crippen LogP contribution in [-0.2, 0) is 6.61 Å². The molecule has 0 saturated carbocycles. The summed E-state index contributed by atoms with van der Waals surface area (Å²) in [6.45, 7) is 9.06. The molecule has 1 N–H and O–H groups in total. The summed E-state index contributed by atoms with van der Waals surface area (Å²) in [4.78, 5) is 15.1. The van der Waals surface area contributed by atoms with Crippen LogP contribution < -0.4 is 10.1 Å². The zero-order chi connectivity index (χ0) is 18.5. The van der Waals surface area contributed by atoms with E-state index in [-0.39, 0.29) is 5.91 Å². The van der Waals surface area contributed by atoms with Crippen molar-refractivity contribution in [1.29, 1.82) is 0 Å². The van der Waals surface area contributed by atoms with Gasteiger partial charge in [-0.1, -0.05) is 24.2 Å². The topological polar surface area (TPSA) is 67.6 Å². The Morgan fingerprint density at radius 1 is 1.38 bits per heavy atom. The lowest BCUT2D eigenvalue weighted by atomic mass is 10.1. The zero-order valence-corrected chi connectivity index (χ0v) is 15.7. The van der Waals surface area contributed by atoms with E-state index in [9.17, 15) is 4.79 Å². The molecule has 2 aromatic rings. The lowest BCUT2D eigenvalue weighted by molar-refractivity contribution is 0.0937. The first-order chi connectivity index (χ1) is 12.6. The fraction of sp³-hybridized carbons (Fsp3) is 0.500. The number of para-hydroxylation sites is 1. The number of amides is 1. The van der Waals surface area contributed by atoms with Crippen molar-refractivity contribution >= 4 is 5.91 Å². The number of likely N-dealkylation sites (tertiary alicyclic amines) is 1. The van der Waals surface area contributed by atoms with Gasteiger partial charge in [-0.2, -0.15) is 0 Å². The molecule has 0 radical (unpaired) electrons. The van der Waals surface area contributed by atoms with Gasteiger partial charge in [0.1, 0.15) is 18.1 Å². The highest BCUT2D eigenvalue weighted by molar-refractivity contribution is 5.96. The van der Waals surface area contributed by atoms with Crippen molar-refractivity contribution in [2.24, 2.45) is 0 Å². The summed E-state index contributed by atoms with van der Waals surface area (Å²) in [6, 6.07) is 7.77. The van der Waals surface area contributed by atoms with Crippen LogP contribution in [0.4, 0.5) is 0 Å². The second-order valence-corrected chi connectivity index (χ2v) is 6.72. The van der Waals surface area contributed by atoms with Crippen LogP contribution in [0.2, 0.25) is 0 Å². The number of carbonyl (C=O) groups excluding carboxylic acids is 1. The molecule has 3 rings (SSSR count). The molecule has 1 saturated heterocycles. The number of nitrogens with one attached hydrogen (secondary N) is 1. The van der Waals surface area contributed by atoms with Crippen LogP contribution in [0.5, 0.6) is 5.75 Å². The first-order valence-corrected chi connectivity index (χ1v) is 9.26. The van der Waals surface area contributed by atoms with Crippen LogP contribution in [0.3, 0.4) is 0 Å². The molecule has 1 aromatic carbocycles. The Hall–Kier alpha value is -2.34. The molecule has 0 bridgehead atoms. The molecule has 1 unspecified atom stereocenters. The highest BCUT2D eigenvalue weighted by Gasteiger charge is 2.24. The fourth-order valence-electron chi connectivity index (χ4n) is 3.49. The second-order valence-electron chi connectivity index (χ2n) is 6.72. The van der Waals surface area contributed by atoms with Gasteiger partial charge in [0.05, 0.1) is 16.8 Å². The van der Waals surface area contributed by atoms with E-state index in [2.05, 4.69) is 22.3 Å². The molecular formula is C20H27N3O3. The van der Waals surface area contributed by atoms with E-state index in [4.69, 9.17) is 9.26 Å². The third kappa shape index (κ3) is 4.07. The Balaban J connectivity index is 1.63. The highest BCUT2D eigenvalue weighted by atomic mass is 16.5. The van der Waals surface area contributed by atoms with Crippen molar-refractivity contribution in [2.75, 3.05) is 19.6 Å². The molecule has 0 aliphatic carbocycles. The lowest BCUT2D eigenvalue weighted by Crippen LogP contribution is -2.40. The normalized spacial score (nSPS) is 17.4. The maximum atomic E-state index is 12.7. The average molecular weight is 357 g/mol. The van der Waals surface area contributed by atoms with Gasteiger partial charge in [-0.25, -0.2) is 0 Å². The van der Waals surface area contributed by atoms with E-state index in [1.165, 1.54) is 6.42 Å². The number of nitrogens with zero attached hydrogens (tertiary/aromatic N) is 2. The number of rotatable bonds is 7. The van der Waals surface area contributed by atoms with Gasteiger partial charge >= 0.3 is 0 Å². The van der Waals surface area contributed by atoms with Crippen LogP contribution in [0.25, 0.3) is 0 Å². The van der Waals surface area contributed by atoms with Crippen molar-refractivity contribution in [3.05, 3.63) is 46.8 Å². The molecule has 1 atom stereocenters. The van der Waals surface area contributed by atoms with Crippen LogP contribution in [0.1, 0.15) is 47.1 Å². The quantitative estimate of drug-likeness (QED) is 0.825. The van der Waals surface area contributed by atoms with Gasteiger partial charge in [-0.3, -0.25) is 9.69 Å². The molecule has 26 heavy (non-hydrogen) atoms. The second kappa shape index (κ2) is 8.36. The molecule has 1 amide bonds. The molecule has 2 heterocycles. The van der Waals surface area contributed by atoms with E-state index < -0.39 is 0 Å². The monoisotopic (exact) mass is 357 g/mol. The first-order valence-electron chi connectivity index (χ1n) is 9.26. The molecule has 1 aliphatic rings. The molecule has 6 heteroatoms. The highest BCUT2D eigenvalue weighted by Crippen LogP contribution is 2.22. The third-order valence-electron chi connectivity index (χ3n) is 5.09. The predicted octanol–water partition coefficient (Wildman–Crippen LogP) is 3.08. The number of aryl methyl sites for hydroxylation is 2. The smallest absolute Gasteiger partial charge is 0.255 e. The van der Waals surface area contributed by atoms with Gasteiger partial charge in [0.15, 0.2) is 0 Å². The van der Waals surface area contributed by atoms with Crippen molar-refractivity contribution in [1.82, 2.24) is 15.4 Å². The Bertz CT molecular complexity index is 737. The van der Waals surface area contributed by atoms with Crippen LogP contribution in [0, 0.1) is 13.8 Å². The van der Waals surface area contributed by atoms with Gasteiger partial charge in [-0.15, -0.1) is 0 Å². The number of hydrogen-bond acceptors (Lipinski definition) is 5. The number of aromatic nitrogens is 1. The van der Waals surface area contributed by atoms with Crippen molar-refractivity contribution < 1.29 is 14.1 Å². The number of benzene rings is 1. The molecular weight excluding hydrogens is 330 g/mol. The number of likely N-dealkylation sites (N-methyl/N-ethyl adjacent to an activating group) is 1. The minimum absolute atomic E-state index is 0.0951. The van der Waals surface area contributed by atoms with Crippen molar-refractivity contribution in [3.8, 4) is 5.75 Å². The standard InChI is InChI=1S/C20H27N3O3/c1-4-23-11-7-8-16(23)12-21-20(24)17-9-5-6-10-19(17)25-13-18-14(2)22-26-15(18)3/h5-6,9-10,16H,4,7-8,11-13H2,1-3H3,(H,21,24). The number of hydrogen-bond donors (Lipinski definition) is 1. The fourth-order valence-corrected chi connectivity index (χ4v) is 3.49. The molecule has 140 valence electrons. The number of ether oxygens (including phenoxy) is 1. The summed E-state index contributed by atoms with van der Waals surface area (Å²) in [5.41, 5.74) is 2.29. The minimum atomic E-state index is -0.0951. The maximum Gasteiger partial charge on any atom is 0.255 e. The Morgan fingerprint density at radius 3 is 2.92 bits per heavy atom. The van der Waals surface area contributed by atoms with Gasteiger partial charge < -0.3 is 14.6 Å². The lowest BCUT2D eigenvalue weighted by Gasteiger charge is -2.23. The van der Waals surface area contributed by atoms with Gasteiger partial charge in [0.25, 0.3) is 5.91 Å². The van der Waals surface area contributed by atoms with Crippen molar-refractivity contribution in [2.45, 2.75) is 46.3 Å². The predicted molar refractivity (Wildman–Crippen MR) is 99.4 cm³/mol. The Kier molecular flexibility index (Phi) is 5.93. The molecule has 6 nitrogen and oxygen atoms in total. The third-order valence-corrected chi connectivity index (χ3v) is 5.09. The van der Waals surface area contributed by atoms with Crippen LogP contribution in [0.15, 0.2) is 28.8 Å². The average Bonchev–Trinajstić information content (AvgIpc) is 3.24. The van der Waals surface area contributed by atoms with Crippen molar-refractivity contribution in [3.63, 3.8) is 0 Å². The van der Waals surface area contributed by atoms with E-state index >= 15 is 0 Å². The SMILES string of the molecule is CCN1CCCC1CNC(=O)c1ccccc1OCc1c(C)noc1C. The van der Waals surface area contributed by atoms with E-state index in [1.807, 2.05) is 32.0 Å². The molecule has 1 aromatic heterocycles.